The molecule has 0 radical (unpaired) electrons. The van der Waals surface area contributed by atoms with E-state index in [4.69, 9.17) is 0 Å². The van der Waals surface area contributed by atoms with Crippen LogP contribution >= 0.6 is 0 Å². The van der Waals surface area contributed by atoms with Gasteiger partial charge < -0.3 is 0 Å². The van der Waals surface area contributed by atoms with E-state index >= 15 is 0 Å². The number of carbonyl (C=O) groups is 1. The average molecular weight is 312 g/mol. The Labute approximate surface area is 128 Å². The first-order valence-corrected chi connectivity index (χ1v) is 7.58. The minimum Gasteiger partial charge on any atom is -0.298 e. The molecule has 0 saturated heterocycles. The zero-order valence-electron chi connectivity index (χ0n) is 12.0. The highest BCUT2D eigenvalue weighted by molar-refractivity contribution is 7.88. The fourth-order valence-corrected chi connectivity index (χ4v) is 3.03. The Hall–Kier alpha value is -0.420. The van der Waals surface area contributed by atoms with Crippen LogP contribution in [-0.4, -0.2) is 36.8 Å². The molecule has 0 aromatic rings. The molecule has 0 N–H and O–H groups in total. The lowest BCUT2D eigenvalue weighted by atomic mass is 9.90. The van der Waals surface area contributed by atoms with Crippen molar-refractivity contribution >= 4 is 15.8 Å². The van der Waals surface area contributed by atoms with E-state index in [0.29, 0.717) is 6.42 Å². The molecule has 0 bridgehead atoms. The van der Waals surface area contributed by atoms with Gasteiger partial charge in [-0.3, -0.25) is 4.79 Å². The summed E-state index contributed by atoms with van der Waals surface area (Å²) in [5.74, 6) is -0.0437. The van der Waals surface area contributed by atoms with Gasteiger partial charge in [0.25, 0.3) is 0 Å². The molecule has 0 aliphatic heterocycles. The van der Waals surface area contributed by atoms with E-state index in [2.05, 4.69) is 0 Å². The summed E-state index contributed by atoms with van der Waals surface area (Å²) in [6.07, 6.45) is 1.53. The summed E-state index contributed by atoms with van der Waals surface area (Å²) >= 11 is 0. The van der Waals surface area contributed by atoms with Gasteiger partial charge in [0.2, 0.25) is 10.0 Å². The maximum absolute atomic E-state index is 11.9. The van der Waals surface area contributed by atoms with Crippen molar-refractivity contribution in [2.45, 2.75) is 75.8 Å². The van der Waals surface area contributed by atoms with Crippen molar-refractivity contribution in [3.8, 4) is 0 Å². The average Bonchev–Trinajstić information content (AvgIpc) is 1.91. The highest BCUT2D eigenvalue weighted by Gasteiger charge is 2.32. The molecule has 0 amide bonds. The molecule has 0 spiro atoms. The van der Waals surface area contributed by atoms with Crippen molar-refractivity contribution in [3.05, 3.63) is 0 Å². The third-order valence-corrected chi connectivity index (χ3v) is 3.67. The lowest BCUT2D eigenvalue weighted by molar-refractivity contribution is -0.121. The summed E-state index contributed by atoms with van der Waals surface area (Å²) in [5, 5.41) is 0. The van der Waals surface area contributed by atoms with Gasteiger partial charge >= 0.3 is 0 Å². The first kappa shape index (κ1) is 27.8. The van der Waals surface area contributed by atoms with Crippen LogP contribution < -0.4 is 0 Å². The van der Waals surface area contributed by atoms with Crippen molar-refractivity contribution in [2.75, 3.05) is 12.8 Å². The van der Waals surface area contributed by atoms with E-state index < -0.39 is 15.6 Å². The number of sulfonamides is 1. The Bertz CT molecular complexity index is 373. The van der Waals surface area contributed by atoms with Gasteiger partial charge in [0.05, 0.1) is 12.8 Å². The number of rotatable bonds is 4. The van der Waals surface area contributed by atoms with Gasteiger partial charge in [-0.05, 0) is 26.2 Å². The van der Waals surface area contributed by atoms with Gasteiger partial charge in [-0.2, -0.15) is 4.31 Å². The summed E-state index contributed by atoms with van der Waals surface area (Å²) in [6, 6.07) is 0. The molecule has 0 aromatic heterocycles. The molecule has 0 aliphatic carbocycles. The highest BCUT2D eigenvalue weighted by atomic mass is 32.2. The van der Waals surface area contributed by atoms with E-state index in [1.54, 1.807) is 20.8 Å². The third-order valence-electron chi connectivity index (χ3n) is 2.20. The molecule has 20 heavy (non-hydrogen) atoms. The Balaban J connectivity index is -0.000000427. The second kappa shape index (κ2) is 8.78. The molecular weight excluding hydrogens is 274 g/mol. The Morgan fingerprint density at radius 3 is 1.50 bits per heavy atom. The molecule has 4 nitrogen and oxygen atoms in total. The zero-order chi connectivity index (χ0) is 14.1. The molecule has 0 rings (SSSR count). The predicted molar refractivity (Wildman–Crippen MR) is 90.6 cm³/mol. The fourth-order valence-electron chi connectivity index (χ4n) is 1.66. The number of hydrogen-bond donors (Lipinski definition) is 0. The van der Waals surface area contributed by atoms with Crippen LogP contribution in [0.25, 0.3) is 0 Å². The number of hydrogen-bond acceptors (Lipinski definition) is 3. The fraction of sp³-hybridized carbons (Fsp3) is 0.933. The van der Waals surface area contributed by atoms with E-state index in [1.807, 2.05) is 20.8 Å². The van der Waals surface area contributed by atoms with Gasteiger partial charge in [0.15, 0.2) is 0 Å². The van der Waals surface area contributed by atoms with Crippen LogP contribution in [0.3, 0.4) is 0 Å². The number of Topliss-reactive ketones (excluding diaryl/α,β-unsaturated/α-hetero) is 1. The molecule has 5 heteroatoms. The number of carbonyl (C=O) groups excluding carboxylic acids is 1. The second-order valence-corrected chi connectivity index (χ2v) is 8.62. The summed E-state index contributed by atoms with van der Waals surface area (Å²) in [6.45, 7) is 11.2. The highest BCUT2D eigenvalue weighted by Crippen LogP contribution is 2.22. The van der Waals surface area contributed by atoms with Crippen LogP contribution in [0.15, 0.2) is 0 Å². The van der Waals surface area contributed by atoms with E-state index in [0.717, 1.165) is 6.26 Å². The molecule has 0 unspecified atom stereocenters. The lowest BCUT2D eigenvalue weighted by Gasteiger charge is -2.33. The lowest BCUT2D eigenvalue weighted by Crippen LogP contribution is -2.47. The summed E-state index contributed by atoms with van der Waals surface area (Å²) < 4.78 is 24.6. The Kier molecular flexibility index (Phi) is 12.2. The van der Waals surface area contributed by atoms with Crippen molar-refractivity contribution < 1.29 is 13.2 Å². The molecule has 0 aromatic carbocycles. The molecule has 0 heterocycles. The van der Waals surface area contributed by atoms with Crippen molar-refractivity contribution in [2.24, 2.45) is 5.41 Å². The van der Waals surface area contributed by atoms with Crippen LogP contribution in [0.2, 0.25) is 0 Å². The number of nitrogens with zero attached hydrogens (tertiary/aromatic N) is 1. The smallest absolute Gasteiger partial charge is 0.212 e. The molecule has 126 valence electrons. The summed E-state index contributed by atoms with van der Waals surface area (Å²) in [4.78, 5) is 11.9. The van der Waals surface area contributed by atoms with Crippen LogP contribution in [0, 0.1) is 5.41 Å². The largest absolute Gasteiger partial charge is 0.298 e. The quantitative estimate of drug-likeness (QED) is 0.789. The topological polar surface area (TPSA) is 54.5 Å². The van der Waals surface area contributed by atoms with Gasteiger partial charge in [-0.1, -0.05) is 43.1 Å². The van der Waals surface area contributed by atoms with Crippen LogP contribution in [0.5, 0.6) is 0 Å². The first-order chi connectivity index (χ1) is 7.23. The maximum atomic E-state index is 11.9. The molecule has 0 aliphatic rings. The number of ketones is 1. The van der Waals surface area contributed by atoms with Crippen molar-refractivity contribution in [1.29, 1.82) is 0 Å². The van der Waals surface area contributed by atoms with Crippen molar-refractivity contribution in [3.63, 3.8) is 0 Å². The van der Waals surface area contributed by atoms with Crippen molar-refractivity contribution in [1.82, 2.24) is 4.31 Å². The summed E-state index contributed by atoms with van der Waals surface area (Å²) in [5.41, 5.74) is -0.681. The third kappa shape index (κ3) is 11.4. The summed E-state index contributed by atoms with van der Waals surface area (Å²) in [7, 11) is -3.36. The van der Waals surface area contributed by atoms with E-state index in [9.17, 15) is 13.2 Å². The van der Waals surface area contributed by atoms with E-state index in [1.165, 1.54) is 4.31 Å². The molecule has 0 saturated carbocycles. The normalized spacial score (nSPS) is 12.0. The van der Waals surface area contributed by atoms with Crippen LogP contribution in [-0.2, 0) is 14.8 Å². The van der Waals surface area contributed by atoms with Crippen LogP contribution in [0.4, 0.5) is 0 Å². The maximum Gasteiger partial charge on any atom is 0.212 e. The van der Waals surface area contributed by atoms with Gasteiger partial charge in [-0.15, -0.1) is 0 Å². The standard InChI is InChI=1S/C12H25NO3S.3CH4/c1-11(2,3)8-10(14)9-13(12(4,5)6)17(7,15)16;;;/h8-9H2,1-7H3;3*1H4. The first-order valence-electron chi connectivity index (χ1n) is 5.73. The van der Waals surface area contributed by atoms with Gasteiger partial charge in [0, 0.05) is 12.0 Å². The second-order valence-electron chi connectivity index (χ2n) is 6.72. The predicted octanol–water partition coefficient (Wildman–Crippen LogP) is 3.96. The minimum absolute atomic E-state index is 0. The van der Waals surface area contributed by atoms with Gasteiger partial charge in [-0.25, -0.2) is 8.42 Å². The monoisotopic (exact) mass is 311 g/mol. The van der Waals surface area contributed by atoms with Gasteiger partial charge in [0.1, 0.15) is 5.78 Å². The molecule has 0 fully saturated rings. The Morgan fingerprint density at radius 1 is 0.950 bits per heavy atom. The Morgan fingerprint density at radius 2 is 1.30 bits per heavy atom. The minimum atomic E-state index is -3.36. The molecular formula is C15H37NO3S. The zero-order valence-corrected chi connectivity index (χ0v) is 12.8. The van der Waals surface area contributed by atoms with E-state index in [-0.39, 0.29) is 40.0 Å². The molecule has 0 atom stereocenters. The SMILES string of the molecule is C.C.C.CC(C)(C)CC(=O)CN(C(C)(C)C)S(C)(=O)=O. The van der Waals surface area contributed by atoms with Crippen LogP contribution in [0.1, 0.15) is 70.2 Å².